The molecule has 8 N–H and O–H groups in total. The van der Waals surface area contributed by atoms with Crippen molar-refractivity contribution in [3.05, 3.63) is 47.5 Å². The molecule has 1 heterocycles. The van der Waals surface area contributed by atoms with Crippen LogP contribution in [0.5, 0.6) is 0 Å². The summed E-state index contributed by atoms with van der Waals surface area (Å²) in [7, 11) is 0. The number of carboxylic acids is 1. The van der Waals surface area contributed by atoms with Gasteiger partial charge in [-0.05, 0) is 23.6 Å². The number of rotatable bonds is 7. The van der Waals surface area contributed by atoms with Crippen molar-refractivity contribution in [1.82, 2.24) is 0 Å². The summed E-state index contributed by atoms with van der Waals surface area (Å²) in [5.41, 5.74) is 17.7. The van der Waals surface area contributed by atoms with Gasteiger partial charge < -0.3 is 22.3 Å². The first kappa shape index (κ1) is 19.2. The van der Waals surface area contributed by atoms with Crippen LogP contribution in [0.1, 0.15) is 22.3 Å². The second-order valence-corrected chi connectivity index (χ2v) is 6.46. The molecule has 0 spiro atoms. The minimum atomic E-state index is -1.05. The number of nitrogens with two attached hydrogens (primary N) is 3. The fourth-order valence-corrected chi connectivity index (χ4v) is 3.20. The average molecular weight is 374 g/mol. The van der Waals surface area contributed by atoms with Gasteiger partial charge in [-0.1, -0.05) is 36.4 Å². The van der Waals surface area contributed by atoms with E-state index in [0.717, 1.165) is 16.0 Å². The van der Waals surface area contributed by atoms with Gasteiger partial charge in [0.05, 0.1) is 5.56 Å². The van der Waals surface area contributed by atoms with Crippen LogP contribution in [-0.2, 0) is 4.79 Å². The molecule has 1 atom stereocenters. The van der Waals surface area contributed by atoms with Crippen LogP contribution in [0, 0.1) is 0 Å². The largest absolute Gasteiger partial charge is 0.480 e. The third-order valence-electron chi connectivity index (χ3n) is 3.45. The van der Waals surface area contributed by atoms with E-state index in [0.29, 0.717) is 5.00 Å². The van der Waals surface area contributed by atoms with Crippen molar-refractivity contribution in [2.75, 3.05) is 5.32 Å². The fraction of sp³-hybridized carbons (Fsp3) is 0.118. The Kier molecular flexibility index (Phi) is 6.10. The number of carbonyl (C=O) groups is 3. The number of carbonyl (C=O) groups excluding carboxylic acids is 2. The Morgan fingerprint density at radius 3 is 2.38 bits per heavy atom. The highest BCUT2D eigenvalue weighted by Gasteiger charge is 2.16. The molecule has 2 aromatic rings. The number of amides is 3. The number of anilines is 1. The Morgan fingerprint density at radius 2 is 1.85 bits per heavy atom. The van der Waals surface area contributed by atoms with E-state index in [1.165, 1.54) is 11.3 Å². The van der Waals surface area contributed by atoms with Crippen molar-refractivity contribution in [1.29, 1.82) is 0 Å². The van der Waals surface area contributed by atoms with E-state index in [1.54, 1.807) is 18.2 Å². The molecule has 2 rings (SSSR count). The lowest BCUT2D eigenvalue weighted by Crippen LogP contribution is -2.29. The monoisotopic (exact) mass is 374 g/mol. The van der Waals surface area contributed by atoms with Gasteiger partial charge >= 0.3 is 12.0 Å². The molecular weight excluding hydrogens is 356 g/mol. The predicted octanol–water partition coefficient (Wildman–Crippen LogP) is 1.82. The van der Waals surface area contributed by atoms with Gasteiger partial charge in [-0.25, -0.2) is 4.79 Å². The van der Waals surface area contributed by atoms with Crippen LogP contribution in [0.2, 0.25) is 0 Å². The van der Waals surface area contributed by atoms with E-state index in [9.17, 15) is 14.4 Å². The average Bonchev–Trinajstić information content (AvgIpc) is 2.98. The van der Waals surface area contributed by atoms with E-state index in [4.69, 9.17) is 22.3 Å². The van der Waals surface area contributed by atoms with Gasteiger partial charge in [0, 0.05) is 4.88 Å². The number of primary amides is 2. The quantitative estimate of drug-likeness (QED) is 0.498. The summed E-state index contributed by atoms with van der Waals surface area (Å²) < 4.78 is 0. The molecule has 0 aliphatic rings. The third kappa shape index (κ3) is 4.91. The molecular formula is C17H18N4O4S. The van der Waals surface area contributed by atoms with Crippen molar-refractivity contribution >= 4 is 40.3 Å². The fourth-order valence-electron chi connectivity index (χ4n) is 2.13. The molecule has 1 aromatic carbocycles. The minimum absolute atomic E-state index is 0.190. The minimum Gasteiger partial charge on any atom is -0.480 e. The first-order chi connectivity index (χ1) is 12.3. The SMILES string of the molecule is NC(=O)Nc1sc(-c2ccc(/C=C/CC(N)C(=O)O)cc2)cc1C(N)=O. The molecule has 0 saturated carbocycles. The Balaban J connectivity index is 2.17. The van der Waals surface area contributed by atoms with Gasteiger partial charge in [0.15, 0.2) is 0 Å². The zero-order valence-electron chi connectivity index (χ0n) is 13.6. The number of aliphatic carboxylic acids is 1. The van der Waals surface area contributed by atoms with Crippen LogP contribution in [0.15, 0.2) is 36.4 Å². The summed E-state index contributed by atoms with van der Waals surface area (Å²) in [6.07, 6.45) is 3.70. The van der Waals surface area contributed by atoms with E-state index in [2.05, 4.69) is 5.32 Å². The number of nitrogens with one attached hydrogen (secondary N) is 1. The number of benzene rings is 1. The summed E-state index contributed by atoms with van der Waals surface area (Å²) in [6.45, 7) is 0. The van der Waals surface area contributed by atoms with Crippen LogP contribution >= 0.6 is 11.3 Å². The predicted molar refractivity (Wildman–Crippen MR) is 101 cm³/mol. The van der Waals surface area contributed by atoms with Gasteiger partial charge in [0.25, 0.3) is 5.91 Å². The number of thiophene rings is 1. The highest BCUT2D eigenvalue weighted by atomic mass is 32.1. The molecule has 1 unspecified atom stereocenters. The molecule has 0 saturated heterocycles. The van der Waals surface area contributed by atoms with Gasteiger partial charge in [-0.3, -0.25) is 14.9 Å². The first-order valence-corrected chi connectivity index (χ1v) is 8.35. The van der Waals surface area contributed by atoms with Crippen molar-refractivity contribution in [2.24, 2.45) is 17.2 Å². The number of hydrogen-bond acceptors (Lipinski definition) is 5. The Labute approximate surface area is 153 Å². The molecule has 0 bridgehead atoms. The summed E-state index contributed by atoms with van der Waals surface area (Å²) >= 11 is 1.19. The highest BCUT2D eigenvalue weighted by Crippen LogP contribution is 2.35. The van der Waals surface area contributed by atoms with Crippen molar-refractivity contribution in [2.45, 2.75) is 12.5 Å². The van der Waals surface area contributed by atoms with Gasteiger partial charge in [0.2, 0.25) is 0 Å². The molecule has 0 radical (unpaired) electrons. The normalized spacial score (nSPS) is 12.0. The van der Waals surface area contributed by atoms with Crippen LogP contribution in [0.25, 0.3) is 16.5 Å². The maximum Gasteiger partial charge on any atom is 0.320 e. The van der Waals surface area contributed by atoms with Crippen molar-refractivity contribution < 1.29 is 19.5 Å². The van der Waals surface area contributed by atoms with Crippen molar-refractivity contribution in [3.63, 3.8) is 0 Å². The number of urea groups is 1. The maximum absolute atomic E-state index is 11.5. The summed E-state index contributed by atoms with van der Waals surface area (Å²) in [5.74, 6) is -1.71. The van der Waals surface area contributed by atoms with E-state index in [1.807, 2.05) is 24.3 Å². The molecule has 26 heavy (non-hydrogen) atoms. The van der Waals surface area contributed by atoms with E-state index in [-0.39, 0.29) is 12.0 Å². The van der Waals surface area contributed by atoms with Crippen LogP contribution < -0.4 is 22.5 Å². The summed E-state index contributed by atoms with van der Waals surface area (Å²) in [4.78, 5) is 33.9. The maximum atomic E-state index is 11.5. The third-order valence-corrected chi connectivity index (χ3v) is 4.55. The molecule has 136 valence electrons. The standard InChI is InChI=1S/C17H18N4O4S/c18-12(16(23)24)3-1-2-9-4-6-10(7-5-9)13-8-11(14(19)22)15(26-13)21-17(20)25/h1-2,4-8,12H,3,18H2,(H2,19,22)(H,23,24)(H3,20,21,25)/b2-1+. The molecule has 9 heteroatoms. The Morgan fingerprint density at radius 1 is 1.19 bits per heavy atom. The lowest BCUT2D eigenvalue weighted by molar-refractivity contribution is -0.138. The van der Waals surface area contributed by atoms with Gasteiger partial charge in [-0.15, -0.1) is 11.3 Å². The second-order valence-electron chi connectivity index (χ2n) is 5.41. The number of carboxylic acid groups (broad SMARTS) is 1. The second kappa shape index (κ2) is 8.28. The molecule has 1 aromatic heterocycles. The van der Waals surface area contributed by atoms with Crippen LogP contribution in [0.3, 0.4) is 0 Å². The Bertz CT molecular complexity index is 858. The van der Waals surface area contributed by atoms with Crippen molar-refractivity contribution in [3.8, 4) is 10.4 Å². The molecule has 0 aliphatic carbocycles. The molecule has 0 fully saturated rings. The zero-order chi connectivity index (χ0) is 19.3. The Hall–Kier alpha value is -3.17. The lowest BCUT2D eigenvalue weighted by Gasteiger charge is -2.01. The van der Waals surface area contributed by atoms with E-state index < -0.39 is 23.9 Å². The van der Waals surface area contributed by atoms with Gasteiger partial charge in [0.1, 0.15) is 11.0 Å². The van der Waals surface area contributed by atoms with Crippen LogP contribution in [-0.4, -0.2) is 29.1 Å². The molecule has 8 nitrogen and oxygen atoms in total. The first-order valence-electron chi connectivity index (χ1n) is 7.53. The lowest BCUT2D eigenvalue weighted by atomic mass is 10.1. The topological polar surface area (TPSA) is 162 Å². The summed E-state index contributed by atoms with van der Waals surface area (Å²) in [6, 6.07) is 7.23. The molecule has 0 aliphatic heterocycles. The smallest absolute Gasteiger partial charge is 0.320 e. The highest BCUT2D eigenvalue weighted by molar-refractivity contribution is 7.20. The van der Waals surface area contributed by atoms with Gasteiger partial charge in [-0.2, -0.15) is 0 Å². The van der Waals surface area contributed by atoms with Crippen LogP contribution in [0.4, 0.5) is 9.80 Å². The summed E-state index contributed by atoms with van der Waals surface area (Å²) in [5, 5.41) is 11.4. The number of hydrogen-bond donors (Lipinski definition) is 5. The zero-order valence-corrected chi connectivity index (χ0v) is 14.5. The molecule has 3 amide bonds. The van der Waals surface area contributed by atoms with E-state index >= 15 is 0 Å².